The summed E-state index contributed by atoms with van der Waals surface area (Å²) >= 11 is 1.28. The molecule has 1 N–H and O–H groups in total. The average molecular weight is 287 g/mol. The largest absolute Gasteiger partial charge is 0.477 e. The fourth-order valence-corrected chi connectivity index (χ4v) is 3.40. The van der Waals surface area contributed by atoms with E-state index in [4.69, 9.17) is 0 Å². The highest BCUT2D eigenvalue weighted by Gasteiger charge is 2.24. The molecule has 1 saturated carbocycles. The van der Waals surface area contributed by atoms with Crippen LogP contribution in [0.5, 0.6) is 0 Å². The molecule has 0 saturated heterocycles. The lowest BCUT2D eigenvalue weighted by Crippen LogP contribution is -2.00. The van der Waals surface area contributed by atoms with Crippen LogP contribution >= 0.6 is 11.3 Å². The molecule has 3 rings (SSSR count). The Morgan fingerprint density at radius 3 is 2.70 bits per heavy atom. The highest BCUT2D eigenvalue weighted by molar-refractivity contribution is 7.17. The Labute approximate surface area is 122 Å². The van der Waals surface area contributed by atoms with Gasteiger partial charge in [-0.1, -0.05) is 32.0 Å². The van der Waals surface area contributed by atoms with Gasteiger partial charge >= 0.3 is 5.97 Å². The molecule has 1 aromatic heterocycles. The summed E-state index contributed by atoms with van der Waals surface area (Å²) in [5.74, 6) is -0.0630. The summed E-state index contributed by atoms with van der Waals surface area (Å²) in [6.07, 6.45) is 2.53. The van der Waals surface area contributed by atoms with E-state index in [-0.39, 0.29) is 5.92 Å². The number of hydrogen-bond donors (Lipinski definition) is 1. The predicted octanol–water partition coefficient (Wildman–Crippen LogP) is 4.51. The van der Waals surface area contributed by atoms with Crippen LogP contribution in [0.15, 0.2) is 24.3 Å². The second kappa shape index (κ2) is 5.02. The Balaban J connectivity index is 2.03. The Morgan fingerprint density at radius 1 is 1.40 bits per heavy atom. The number of nitrogens with zero attached hydrogens (tertiary/aromatic N) is 1. The first kappa shape index (κ1) is 13.3. The van der Waals surface area contributed by atoms with Crippen LogP contribution in [0.4, 0.5) is 0 Å². The molecule has 4 heteroatoms. The second-order valence-electron chi connectivity index (χ2n) is 5.59. The normalized spacial score (nSPS) is 14.8. The molecule has 0 amide bonds. The van der Waals surface area contributed by atoms with Crippen molar-refractivity contribution in [1.82, 2.24) is 4.98 Å². The molecule has 0 aliphatic heterocycles. The Morgan fingerprint density at radius 2 is 2.15 bits per heavy atom. The van der Waals surface area contributed by atoms with Crippen LogP contribution in [-0.2, 0) is 0 Å². The van der Waals surface area contributed by atoms with E-state index in [0.29, 0.717) is 16.5 Å². The minimum atomic E-state index is -0.879. The van der Waals surface area contributed by atoms with Crippen molar-refractivity contribution in [2.75, 3.05) is 0 Å². The number of carboxylic acid groups (broad SMARTS) is 1. The molecule has 2 aromatic rings. The summed E-state index contributed by atoms with van der Waals surface area (Å²) in [6.45, 7) is 3.96. The average Bonchev–Trinajstić information content (AvgIpc) is 3.16. The Bertz CT molecular complexity index is 656. The standard InChI is InChI=1S/C16H17NO2S/c1-9(2)13-14(16(18)19)20-15(17-13)12-5-3-4-11(8-12)10-6-7-10/h3-5,8-10H,6-7H2,1-2H3,(H,18,19). The molecule has 1 heterocycles. The SMILES string of the molecule is CC(C)c1nc(-c2cccc(C3CC3)c2)sc1C(=O)O. The zero-order valence-corrected chi connectivity index (χ0v) is 12.4. The maximum atomic E-state index is 11.3. The van der Waals surface area contributed by atoms with Crippen molar-refractivity contribution in [2.24, 2.45) is 0 Å². The third-order valence-corrected chi connectivity index (χ3v) is 4.69. The molecule has 0 bridgehead atoms. The predicted molar refractivity (Wildman–Crippen MR) is 80.6 cm³/mol. The number of aromatic carboxylic acids is 1. The summed E-state index contributed by atoms with van der Waals surface area (Å²) in [5.41, 5.74) is 3.07. The van der Waals surface area contributed by atoms with Gasteiger partial charge in [-0.2, -0.15) is 0 Å². The van der Waals surface area contributed by atoms with E-state index in [2.05, 4.69) is 17.1 Å². The fraction of sp³-hybridized carbons (Fsp3) is 0.375. The molecule has 0 unspecified atom stereocenters. The zero-order chi connectivity index (χ0) is 14.3. The first-order valence-electron chi connectivity index (χ1n) is 6.90. The van der Waals surface area contributed by atoms with E-state index in [1.165, 1.54) is 29.7 Å². The molecular weight excluding hydrogens is 270 g/mol. The molecule has 20 heavy (non-hydrogen) atoms. The summed E-state index contributed by atoms with van der Waals surface area (Å²) in [6, 6.07) is 8.36. The summed E-state index contributed by atoms with van der Waals surface area (Å²) < 4.78 is 0. The molecule has 3 nitrogen and oxygen atoms in total. The molecule has 0 spiro atoms. The number of hydrogen-bond acceptors (Lipinski definition) is 3. The van der Waals surface area contributed by atoms with E-state index < -0.39 is 5.97 Å². The smallest absolute Gasteiger partial charge is 0.347 e. The molecule has 1 aliphatic carbocycles. The monoisotopic (exact) mass is 287 g/mol. The number of benzene rings is 1. The zero-order valence-electron chi connectivity index (χ0n) is 11.6. The number of aromatic nitrogens is 1. The van der Waals surface area contributed by atoms with E-state index in [1.807, 2.05) is 26.0 Å². The van der Waals surface area contributed by atoms with Gasteiger partial charge in [0.15, 0.2) is 0 Å². The number of carboxylic acids is 1. The van der Waals surface area contributed by atoms with Gasteiger partial charge in [-0.05, 0) is 36.3 Å². The van der Waals surface area contributed by atoms with Crippen LogP contribution in [-0.4, -0.2) is 16.1 Å². The van der Waals surface area contributed by atoms with Gasteiger partial charge in [-0.15, -0.1) is 11.3 Å². The van der Waals surface area contributed by atoms with E-state index >= 15 is 0 Å². The van der Waals surface area contributed by atoms with Crippen molar-refractivity contribution in [3.05, 3.63) is 40.4 Å². The van der Waals surface area contributed by atoms with Crippen LogP contribution in [0.2, 0.25) is 0 Å². The molecule has 1 aromatic carbocycles. The summed E-state index contributed by atoms with van der Waals surface area (Å²) in [5, 5.41) is 10.1. The van der Waals surface area contributed by atoms with Gasteiger partial charge in [0, 0.05) is 5.56 Å². The number of thiazole rings is 1. The Hall–Kier alpha value is -1.68. The van der Waals surface area contributed by atoms with Gasteiger partial charge in [-0.3, -0.25) is 0 Å². The minimum Gasteiger partial charge on any atom is -0.477 e. The van der Waals surface area contributed by atoms with Crippen LogP contribution in [0.3, 0.4) is 0 Å². The summed E-state index contributed by atoms with van der Waals surface area (Å²) in [4.78, 5) is 16.3. The maximum Gasteiger partial charge on any atom is 0.347 e. The second-order valence-corrected chi connectivity index (χ2v) is 6.59. The molecule has 1 fully saturated rings. The van der Waals surface area contributed by atoms with Gasteiger partial charge in [0.25, 0.3) is 0 Å². The van der Waals surface area contributed by atoms with Crippen molar-refractivity contribution >= 4 is 17.3 Å². The third-order valence-electron chi connectivity index (χ3n) is 3.58. The highest BCUT2D eigenvalue weighted by Crippen LogP contribution is 2.41. The van der Waals surface area contributed by atoms with Gasteiger partial charge in [0.05, 0.1) is 5.69 Å². The van der Waals surface area contributed by atoms with E-state index in [0.717, 1.165) is 10.6 Å². The van der Waals surface area contributed by atoms with Crippen LogP contribution in [0.1, 0.15) is 59.5 Å². The van der Waals surface area contributed by atoms with Gasteiger partial charge < -0.3 is 5.11 Å². The van der Waals surface area contributed by atoms with Crippen molar-refractivity contribution in [1.29, 1.82) is 0 Å². The van der Waals surface area contributed by atoms with Crippen molar-refractivity contribution < 1.29 is 9.90 Å². The molecular formula is C16H17NO2S. The van der Waals surface area contributed by atoms with Crippen molar-refractivity contribution in [3.8, 4) is 10.6 Å². The maximum absolute atomic E-state index is 11.3. The fourth-order valence-electron chi connectivity index (χ4n) is 2.34. The molecule has 104 valence electrons. The lowest BCUT2D eigenvalue weighted by atomic mass is 10.1. The third kappa shape index (κ3) is 2.48. The molecule has 0 atom stereocenters. The topological polar surface area (TPSA) is 50.2 Å². The van der Waals surface area contributed by atoms with E-state index in [1.54, 1.807) is 0 Å². The van der Waals surface area contributed by atoms with Crippen LogP contribution in [0, 0.1) is 0 Å². The first-order chi connectivity index (χ1) is 9.56. The Kier molecular flexibility index (Phi) is 3.34. The number of rotatable bonds is 4. The van der Waals surface area contributed by atoms with Crippen LogP contribution in [0.25, 0.3) is 10.6 Å². The summed E-state index contributed by atoms with van der Waals surface area (Å²) in [7, 11) is 0. The quantitative estimate of drug-likeness (QED) is 0.900. The first-order valence-corrected chi connectivity index (χ1v) is 7.72. The van der Waals surface area contributed by atoms with Gasteiger partial charge in [-0.25, -0.2) is 9.78 Å². The van der Waals surface area contributed by atoms with E-state index in [9.17, 15) is 9.90 Å². The number of carbonyl (C=O) groups is 1. The van der Waals surface area contributed by atoms with Gasteiger partial charge in [0.1, 0.15) is 9.88 Å². The lowest BCUT2D eigenvalue weighted by Gasteiger charge is -2.02. The van der Waals surface area contributed by atoms with Crippen molar-refractivity contribution in [3.63, 3.8) is 0 Å². The minimum absolute atomic E-state index is 0.123. The molecule has 0 radical (unpaired) electrons. The lowest BCUT2D eigenvalue weighted by molar-refractivity contribution is 0.0700. The highest BCUT2D eigenvalue weighted by atomic mass is 32.1. The molecule has 1 aliphatic rings. The van der Waals surface area contributed by atoms with Crippen LogP contribution < -0.4 is 0 Å². The van der Waals surface area contributed by atoms with Crippen molar-refractivity contribution in [2.45, 2.75) is 38.5 Å². The van der Waals surface area contributed by atoms with Gasteiger partial charge in [0.2, 0.25) is 0 Å².